The highest BCUT2D eigenvalue weighted by Crippen LogP contribution is 2.30. The van der Waals surface area contributed by atoms with Crippen molar-refractivity contribution in [2.24, 2.45) is 0 Å². The fraction of sp³-hybridized carbons (Fsp3) is 0.250. The number of rotatable bonds is 7. The minimum absolute atomic E-state index is 0.133. The van der Waals surface area contributed by atoms with Crippen molar-refractivity contribution in [2.75, 3.05) is 0 Å². The van der Waals surface area contributed by atoms with Crippen molar-refractivity contribution in [3.8, 4) is 11.1 Å². The van der Waals surface area contributed by atoms with Crippen LogP contribution in [0.25, 0.3) is 22.0 Å². The van der Waals surface area contributed by atoms with E-state index in [9.17, 15) is 9.59 Å². The van der Waals surface area contributed by atoms with Gasteiger partial charge in [0.2, 0.25) is 0 Å². The Balaban J connectivity index is 1.36. The number of esters is 1. The van der Waals surface area contributed by atoms with Gasteiger partial charge in [0, 0.05) is 39.4 Å². The number of aryl methyl sites for hydroxylation is 1. The number of aromatic nitrogens is 2. The van der Waals surface area contributed by atoms with Gasteiger partial charge in [-0.25, -0.2) is 4.79 Å². The van der Waals surface area contributed by atoms with Gasteiger partial charge < -0.3 is 14.6 Å². The van der Waals surface area contributed by atoms with E-state index < -0.39 is 5.60 Å². The summed E-state index contributed by atoms with van der Waals surface area (Å²) in [6, 6.07) is 25.3. The zero-order chi connectivity index (χ0) is 30.9. The van der Waals surface area contributed by atoms with Crippen LogP contribution in [0, 0.1) is 13.8 Å². The molecule has 0 aliphatic carbocycles. The van der Waals surface area contributed by atoms with E-state index in [1.165, 1.54) is 0 Å². The van der Waals surface area contributed by atoms with Gasteiger partial charge in [-0.15, -0.1) is 0 Å². The van der Waals surface area contributed by atoms with Gasteiger partial charge in [-0.2, -0.15) is 0 Å². The second-order valence-electron chi connectivity index (χ2n) is 11.9. The summed E-state index contributed by atoms with van der Waals surface area (Å²) in [5.41, 5.74) is 7.72. The van der Waals surface area contributed by atoms with Crippen LogP contribution in [-0.4, -0.2) is 27.0 Å². The summed E-state index contributed by atoms with van der Waals surface area (Å²) in [6.45, 7) is 12.4. The minimum Gasteiger partial charge on any atom is -0.456 e. The summed E-state index contributed by atoms with van der Waals surface area (Å²) in [5.74, 6) is -0.462. The number of fused-ring (bicyclic) bond motifs is 1. The first-order valence-electron chi connectivity index (χ1n) is 14.3. The van der Waals surface area contributed by atoms with E-state index in [0.29, 0.717) is 17.7 Å². The van der Waals surface area contributed by atoms with Crippen molar-refractivity contribution < 1.29 is 14.3 Å². The Labute approximate surface area is 261 Å². The number of amides is 1. The highest BCUT2D eigenvalue weighted by atomic mass is 79.9. The number of hydrogen-bond acceptors (Lipinski definition) is 4. The van der Waals surface area contributed by atoms with Gasteiger partial charge in [0.25, 0.3) is 5.91 Å². The molecule has 0 aliphatic rings. The number of hydrogen-bond donors (Lipinski definition) is 1. The Hall–Kier alpha value is -4.23. The van der Waals surface area contributed by atoms with Crippen LogP contribution >= 0.6 is 15.9 Å². The molecule has 0 radical (unpaired) electrons. The summed E-state index contributed by atoms with van der Waals surface area (Å²) >= 11 is 3.40. The van der Waals surface area contributed by atoms with Gasteiger partial charge in [-0.3, -0.25) is 9.78 Å². The van der Waals surface area contributed by atoms with Gasteiger partial charge in [-0.1, -0.05) is 42.5 Å². The molecule has 2 heterocycles. The average Bonchev–Trinajstić information content (AvgIpc) is 3.21. The number of nitrogens with one attached hydrogen (secondary N) is 1. The molecular formula is C36H36BrN3O3. The van der Waals surface area contributed by atoms with Crippen LogP contribution in [0.15, 0.2) is 89.5 Å². The maximum Gasteiger partial charge on any atom is 0.339 e. The quantitative estimate of drug-likeness (QED) is 0.181. The second kappa shape index (κ2) is 12.2. The summed E-state index contributed by atoms with van der Waals surface area (Å²) < 4.78 is 8.82. The molecule has 0 unspecified atom stereocenters. The monoisotopic (exact) mass is 637 g/mol. The molecule has 0 bridgehead atoms. The van der Waals surface area contributed by atoms with Crippen molar-refractivity contribution >= 4 is 38.7 Å². The molecule has 2 aromatic heterocycles. The lowest BCUT2D eigenvalue weighted by molar-refractivity contribution is 0.00703. The number of ether oxygens (including phenoxy) is 1. The van der Waals surface area contributed by atoms with Gasteiger partial charge in [0.05, 0.1) is 17.3 Å². The highest BCUT2D eigenvalue weighted by molar-refractivity contribution is 9.10. The molecule has 0 saturated heterocycles. The molecule has 5 rings (SSSR count). The Morgan fingerprint density at radius 1 is 0.977 bits per heavy atom. The zero-order valence-electron chi connectivity index (χ0n) is 25.4. The molecular weight excluding hydrogens is 602 g/mol. The van der Waals surface area contributed by atoms with Crippen molar-refractivity contribution in [3.63, 3.8) is 0 Å². The maximum absolute atomic E-state index is 13.1. The number of benzene rings is 3. The fourth-order valence-corrected chi connectivity index (χ4v) is 5.44. The number of carbonyl (C=O) groups excluding carboxylic acids is 2. The van der Waals surface area contributed by atoms with Crippen LogP contribution in [0.1, 0.15) is 77.0 Å². The third-order valence-corrected chi connectivity index (χ3v) is 8.06. The third kappa shape index (κ3) is 6.73. The second-order valence-corrected chi connectivity index (χ2v) is 12.8. The topological polar surface area (TPSA) is 73.2 Å². The number of carbonyl (C=O) groups is 2. The van der Waals surface area contributed by atoms with E-state index in [0.717, 1.165) is 49.0 Å². The normalized spacial score (nSPS) is 12.3. The van der Waals surface area contributed by atoms with E-state index in [2.05, 4.69) is 68.9 Å². The molecule has 220 valence electrons. The third-order valence-electron chi connectivity index (χ3n) is 7.59. The number of nitrogens with zero attached hydrogens (tertiary/aromatic N) is 2. The summed E-state index contributed by atoms with van der Waals surface area (Å²) in [6.07, 6.45) is 1.73. The number of pyridine rings is 1. The number of halogens is 1. The molecule has 7 heteroatoms. The molecule has 0 spiro atoms. The average molecular weight is 639 g/mol. The van der Waals surface area contributed by atoms with Crippen LogP contribution in [0.5, 0.6) is 0 Å². The molecule has 0 fully saturated rings. The smallest absolute Gasteiger partial charge is 0.339 e. The van der Waals surface area contributed by atoms with E-state index in [-0.39, 0.29) is 17.9 Å². The molecule has 6 nitrogen and oxygen atoms in total. The molecule has 0 aliphatic heterocycles. The molecule has 1 atom stereocenters. The van der Waals surface area contributed by atoms with E-state index in [4.69, 9.17) is 4.74 Å². The molecule has 43 heavy (non-hydrogen) atoms. The summed E-state index contributed by atoms with van der Waals surface area (Å²) in [5, 5.41) is 4.12. The Morgan fingerprint density at radius 3 is 2.37 bits per heavy atom. The maximum atomic E-state index is 13.1. The predicted molar refractivity (Wildman–Crippen MR) is 175 cm³/mol. The fourth-order valence-electron chi connectivity index (χ4n) is 5.21. The Bertz CT molecular complexity index is 1800. The first-order chi connectivity index (χ1) is 20.4. The summed E-state index contributed by atoms with van der Waals surface area (Å²) in [7, 11) is 0. The molecule has 5 aromatic rings. The molecule has 3 aromatic carbocycles. The lowest BCUT2D eigenvalue weighted by Crippen LogP contribution is -2.27. The minimum atomic E-state index is -0.565. The Morgan fingerprint density at radius 2 is 1.70 bits per heavy atom. The highest BCUT2D eigenvalue weighted by Gasteiger charge is 2.21. The predicted octanol–water partition coefficient (Wildman–Crippen LogP) is 8.58. The van der Waals surface area contributed by atoms with Crippen LogP contribution in [0.2, 0.25) is 0 Å². The largest absolute Gasteiger partial charge is 0.456 e. The first kappa shape index (κ1) is 30.2. The van der Waals surface area contributed by atoms with Crippen LogP contribution in [-0.2, 0) is 11.3 Å². The lowest BCUT2D eigenvalue weighted by Gasteiger charge is -2.20. The zero-order valence-corrected chi connectivity index (χ0v) is 27.0. The van der Waals surface area contributed by atoms with Crippen molar-refractivity contribution in [1.29, 1.82) is 0 Å². The molecule has 1 amide bonds. The van der Waals surface area contributed by atoms with Gasteiger partial charge in [-0.05, 0) is 116 Å². The molecule has 0 saturated carbocycles. The van der Waals surface area contributed by atoms with Gasteiger partial charge in [0.15, 0.2) is 0 Å². The van der Waals surface area contributed by atoms with Crippen molar-refractivity contribution in [2.45, 2.75) is 59.7 Å². The molecule has 1 N–H and O–H groups in total. The standard InChI is InChI=1S/C36H36BrN3O3/c1-22-24(3)40(33-18-15-27(19-31(22)33)34(41)39-23(2)32-17-16-28(37)20-38-32)21-25-11-13-26(14-12-25)29-9-7-8-10-30(29)35(42)43-36(4,5)6/h7-20,23H,21H2,1-6H3,(H,39,41)/t23-/m0/s1. The van der Waals surface area contributed by atoms with Crippen molar-refractivity contribution in [1.82, 2.24) is 14.9 Å². The lowest BCUT2D eigenvalue weighted by atomic mass is 9.98. The van der Waals surface area contributed by atoms with E-state index in [1.54, 1.807) is 6.20 Å². The van der Waals surface area contributed by atoms with E-state index >= 15 is 0 Å². The van der Waals surface area contributed by atoms with E-state index in [1.807, 2.05) is 82.3 Å². The van der Waals surface area contributed by atoms with Gasteiger partial charge >= 0.3 is 5.97 Å². The van der Waals surface area contributed by atoms with Crippen LogP contribution in [0.4, 0.5) is 0 Å². The van der Waals surface area contributed by atoms with Crippen LogP contribution in [0.3, 0.4) is 0 Å². The van der Waals surface area contributed by atoms with Gasteiger partial charge in [0.1, 0.15) is 5.60 Å². The van der Waals surface area contributed by atoms with Crippen molar-refractivity contribution in [3.05, 3.63) is 123 Å². The first-order valence-corrected chi connectivity index (χ1v) is 15.1. The Kier molecular flexibility index (Phi) is 8.56. The van der Waals surface area contributed by atoms with Crippen LogP contribution < -0.4 is 5.32 Å². The SMILES string of the molecule is Cc1c(C)n(Cc2ccc(-c3ccccc3C(=O)OC(C)(C)C)cc2)c2ccc(C(=O)N[C@@H](C)c3ccc(Br)cn3)cc12. The summed E-state index contributed by atoms with van der Waals surface area (Å²) in [4.78, 5) is 30.4.